The van der Waals surface area contributed by atoms with Gasteiger partial charge in [0.1, 0.15) is 11.6 Å². The lowest BCUT2D eigenvalue weighted by atomic mass is 10.1. The van der Waals surface area contributed by atoms with Crippen LogP contribution in [0.15, 0.2) is 36.4 Å². The fraction of sp³-hybridized carbons (Fsp3) is 0. The van der Waals surface area contributed by atoms with Crippen molar-refractivity contribution in [3.63, 3.8) is 0 Å². The van der Waals surface area contributed by atoms with Crippen molar-refractivity contribution in [2.75, 3.05) is 0 Å². The maximum absolute atomic E-state index is 13.0. The SMILES string of the molecule is Oc1cc(-c2ccc(F)c(Cl)c2)ccc1Cl. The molecular weight excluding hydrogens is 250 g/mol. The van der Waals surface area contributed by atoms with Crippen molar-refractivity contribution in [2.24, 2.45) is 0 Å². The Labute approximate surface area is 102 Å². The molecule has 16 heavy (non-hydrogen) atoms. The Morgan fingerprint density at radius 2 is 1.50 bits per heavy atom. The predicted octanol–water partition coefficient (Wildman–Crippen LogP) is 4.51. The summed E-state index contributed by atoms with van der Waals surface area (Å²) in [5.41, 5.74) is 1.45. The van der Waals surface area contributed by atoms with Crippen LogP contribution in [0.1, 0.15) is 0 Å². The average molecular weight is 257 g/mol. The van der Waals surface area contributed by atoms with Gasteiger partial charge in [0, 0.05) is 0 Å². The van der Waals surface area contributed by atoms with Crippen molar-refractivity contribution < 1.29 is 9.50 Å². The van der Waals surface area contributed by atoms with Crippen LogP contribution >= 0.6 is 23.2 Å². The van der Waals surface area contributed by atoms with Gasteiger partial charge in [-0.25, -0.2) is 4.39 Å². The monoisotopic (exact) mass is 256 g/mol. The van der Waals surface area contributed by atoms with Gasteiger partial charge >= 0.3 is 0 Å². The minimum absolute atomic E-state index is 0.0142. The summed E-state index contributed by atoms with van der Waals surface area (Å²) in [5.74, 6) is -0.483. The third-order valence-electron chi connectivity index (χ3n) is 2.20. The Morgan fingerprint density at radius 1 is 0.875 bits per heavy atom. The molecule has 0 bridgehead atoms. The second-order valence-corrected chi connectivity index (χ2v) is 4.11. The molecule has 0 heterocycles. The van der Waals surface area contributed by atoms with Crippen molar-refractivity contribution in [3.05, 3.63) is 52.3 Å². The number of rotatable bonds is 1. The number of halogens is 3. The van der Waals surface area contributed by atoms with Gasteiger partial charge in [0.05, 0.1) is 10.0 Å². The molecule has 0 atom stereocenters. The molecule has 0 aliphatic heterocycles. The summed E-state index contributed by atoms with van der Waals surface area (Å²) >= 11 is 11.4. The van der Waals surface area contributed by atoms with Crippen molar-refractivity contribution >= 4 is 23.2 Å². The zero-order valence-electron chi connectivity index (χ0n) is 8.05. The highest BCUT2D eigenvalue weighted by atomic mass is 35.5. The summed E-state index contributed by atoms with van der Waals surface area (Å²) in [6.07, 6.45) is 0. The largest absolute Gasteiger partial charge is 0.506 e. The third kappa shape index (κ3) is 2.13. The zero-order chi connectivity index (χ0) is 11.7. The van der Waals surface area contributed by atoms with E-state index in [-0.39, 0.29) is 15.8 Å². The fourth-order valence-electron chi connectivity index (χ4n) is 1.37. The number of benzene rings is 2. The average Bonchev–Trinajstić information content (AvgIpc) is 2.26. The summed E-state index contributed by atoms with van der Waals surface area (Å²) in [7, 11) is 0. The van der Waals surface area contributed by atoms with Crippen LogP contribution in [0.25, 0.3) is 11.1 Å². The van der Waals surface area contributed by atoms with E-state index in [0.29, 0.717) is 0 Å². The number of phenols is 1. The quantitative estimate of drug-likeness (QED) is 0.797. The first-order valence-electron chi connectivity index (χ1n) is 4.52. The highest BCUT2D eigenvalue weighted by Crippen LogP contribution is 2.31. The lowest BCUT2D eigenvalue weighted by Gasteiger charge is -2.04. The summed E-state index contributed by atoms with van der Waals surface area (Å²) in [6, 6.07) is 9.17. The second kappa shape index (κ2) is 4.32. The summed E-state index contributed by atoms with van der Waals surface area (Å²) in [6.45, 7) is 0. The van der Waals surface area contributed by atoms with E-state index in [4.69, 9.17) is 23.2 Å². The van der Waals surface area contributed by atoms with Crippen LogP contribution in [-0.4, -0.2) is 5.11 Å². The van der Waals surface area contributed by atoms with Crippen molar-refractivity contribution in [1.29, 1.82) is 0 Å². The van der Waals surface area contributed by atoms with Gasteiger partial charge in [0.2, 0.25) is 0 Å². The Kier molecular flexibility index (Phi) is 3.03. The van der Waals surface area contributed by atoms with Gasteiger partial charge in [-0.1, -0.05) is 35.3 Å². The fourth-order valence-corrected chi connectivity index (χ4v) is 1.67. The van der Waals surface area contributed by atoms with Crippen molar-refractivity contribution in [3.8, 4) is 16.9 Å². The molecule has 2 aromatic carbocycles. The molecule has 0 spiro atoms. The highest BCUT2D eigenvalue weighted by molar-refractivity contribution is 6.32. The molecule has 0 aromatic heterocycles. The predicted molar refractivity (Wildman–Crippen MR) is 63.5 cm³/mol. The molecule has 1 N–H and O–H groups in total. The van der Waals surface area contributed by atoms with Crippen LogP contribution in [0.3, 0.4) is 0 Å². The Morgan fingerprint density at radius 3 is 2.12 bits per heavy atom. The second-order valence-electron chi connectivity index (χ2n) is 3.30. The molecule has 0 radical (unpaired) electrons. The van der Waals surface area contributed by atoms with Crippen LogP contribution in [-0.2, 0) is 0 Å². The van der Waals surface area contributed by atoms with Crippen LogP contribution in [0.2, 0.25) is 10.0 Å². The van der Waals surface area contributed by atoms with Gasteiger partial charge in [-0.3, -0.25) is 0 Å². The smallest absolute Gasteiger partial charge is 0.141 e. The molecule has 2 aromatic rings. The molecule has 0 unspecified atom stereocenters. The van der Waals surface area contributed by atoms with E-state index in [1.54, 1.807) is 18.2 Å². The van der Waals surface area contributed by atoms with Crippen LogP contribution < -0.4 is 0 Å². The van der Waals surface area contributed by atoms with Gasteiger partial charge in [-0.15, -0.1) is 0 Å². The van der Waals surface area contributed by atoms with Gasteiger partial charge in [0.15, 0.2) is 0 Å². The number of aromatic hydroxyl groups is 1. The maximum atomic E-state index is 13.0. The molecule has 4 heteroatoms. The van der Waals surface area contributed by atoms with Gasteiger partial charge in [0.25, 0.3) is 0 Å². The van der Waals surface area contributed by atoms with E-state index in [1.165, 1.54) is 18.2 Å². The standard InChI is InChI=1S/C12H7Cl2FO/c13-9-3-1-8(6-12(9)16)7-2-4-11(15)10(14)5-7/h1-6,16H. The van der Waals surface area contributed by atoms with Crippen LogP contribution in [0.5, 0.6) is 5.75 Å². The number of hydrogen-bond donors (Lipinski definition) is 1. The van der Waals surface area contributed by atoms with E-state index < -0.39 is 5.82 Å². The first-order valence-corrected chi connectivity index (χ1v) is 5.27. The molecule has 0 saturated carbocycles. The van der Waals surface area contributed by atoms with E-state index in [1.807, 2.05) is 0 Å². The topological polar surface area (TPSA) is 20.2 Å². The molecule has 0 saturated heterocycles. The number of phenolic OH excluding ortho intramolecular Hbond substituents is 1. The first-order chi connectivity index (χ1) is 7.58. The van der Waals surface area contributed by atoms with Gasteiger partial charge < -0.3 is 5.11 Å². The molecule has 0 aliphatic rings. The first kappa shape index (κ1) is 11.2. The molecular formula is C12H7Cl2FO. The van der Waals surface area contributed by atoms with E-state index in [9.17, 15) is 9.50 Å². The Bertz CT molecular complexity index is 491. The summed E-state index contributed by atoms with van der Waals surface area (Å²) < 4.78 is 13.0. The molecule has 2 rings (SSSR count). The van der Waals surface area contributed by atoms with Gasteiger partial charge in [-0.05, 0) is 35.4 Å². The third-order valence-corrected chi connectivity index (χ3v) is 2.81. The number of hydrogen-bond acceptors (Lipinski definition) is 1. The van der Waals surface area contributed by atoms with E-state index >= 15 is 0 Å². The molecule has 1 nitrogen and oxygen atoms in total. The van der Waals surface area contributed by atoms with E-state index in [0.717, 1.165) is 11.1 Å². The zero-order valence-corrected chi connectivity index (χ0v) is 9.56. The van der Waals surface area contributed by atoms with E-state index in [2.05, 4.69) is 0 Å². The minimum atomic E-state index is -0.469. The lowest BCUT2D eigenvalue weighted by Crippen LogP contribution is -1.81. The van der Waals surface area contributed by atoms with Crippen LogP contribution in [0, 0.1) is 5.82 Å². The highest BCUT2D eigenvalue weighted by Gasteiger charge is 2.05. The molecule has 82 valence electrons. The van der Waals surface area contributed by atoms with Gasteiger partial charge in [-0.2, -0.15) is 0 Å². The summed E-state index contributed by atoms with van der Waals surface area (Å²) in [5, 5.41) is 9.77. The summed E-state index contributed by atoms with van der Waals surface area (Å²) in [4.78, 5) is 0. The molecule has 0 aliphatic carbocycles. The maximum Gasteiger partial charge on any atom is 0.141 e. The Balaban J connectivity index is 2.50. The molecule has 0 amide bonds. The van der Waals surface area contributed by atoms with Crippen LogP contribution in [0.4, 0.5) is 4.39 Å². The normalized spacial score (nSPS) is 10.4. The van der Waals surface area contributed by atoms with Crippen molar-refractivity contribution in [2.45, 2.75) is 0 Å². The Hall–Kier alpha value is -1.25. The minimum Gasteiger partial charge on any atom is -0.506 e. The van der Waals surface area contributed by atoms with Crippen molar-refractivity contribution in [1.82, 2.24) is 0 Å². The lowest BCUT2D eigenvalue weighted by molar-refractivity contribution is 0.476. The molecule has 0 fully saturated rings.